The highest BCUT2D eigenvalue weighted by Gasteiger charge is 2.35. The van der Waals surface area contributed by atoms with Crippen molar-refractivity contribution in [2.24, 2.45) is 5.92 Å². The molecule has 2 fully saturated rings. The molecule has 1 atom stereocenters. The highest BCUT2D eigenvalue weighted by atomic mass is 16.5. The fraction of sp³-hybridized carbons (Fsp3) is 0.684. The lowest BCUT2D eigenvalue weighted by Gasteiger charge is -2.26. The summed E-state index contributed by atoms with van der Waals surface area (Å²) >= 11 is 0. The van der Waals surface area contributed by atoms with Crippen LogP contribution in [0.5, 0.6) is 0 Å². The molecule has 8 heteroatoms. The van der Waals surface area contributed by atoms with Crippen LogP contribution in [-0.4, -0.2) is 86.1 Å². The molecule has 2 aliphatic heterocycles. The Morgan fingerprint density at radius 3 is 2.48 bits per heavy atom. The van der Waals surface area contributed by atoms with Crippen LogP contribution in [-0.2, 0) is 9.53 Å². The number of carbonyl (C=O) groups is 2. The molecule has 0 radical (unpaired) electrons. The van der Waals surface area contributed by atoms with Crippen molar-refractivity contribution in [3.8, 4) is 0 Å². The Morgan fingerprint density at radius 2 is 1.85 bits per heavy atom. The SMILES string of the molecule is CN(C)C(=O)c1cnc(N(C)C)nc1C1CCN(C(=O)C2CCOCC2)C1. The number of amides is 2. The van der Waals surface area contributed by atoms with E-state index >= 15 is 0 Å². The zero-order chi connectivity index (χ0) is 19.6. The predicted molar refractivity (Wildman–Crippen MR) is 102 cm³/mol. The summed E-state index contributed by atoms with van der Waals surface area (Å²) in [4.78, 5) is 39.7. The minimum absolute atomic E-state index is 0.0504. The molecule has 1 aromatic heterocycles. The smallest absolute Gasteiger partial charge is 0.256 e. The van der Waals surface area contributed by atoms with Crippen molar-refractivity contribution >= 4 is 17.8 Å². The second-order valence-corrected chi connectivity index (χ2v) is 7.72. The molecule has 0 aliphatic carbocycles. The summed E-state index contributed by atoms with van der Waals surface area (Å²) in [6, 6.07) is 0. The third-order valence-electron chi connectivity index (χ3n) is 5.30. The van der Waals surface area contributed by atoms with E-state index in [9.17, 15) is 9.59 Å². The number of nitrogens with zero attached hydrogens (tertiary/aromatic N) is 5. The van der Waals surface area contributed by atoms with Crippen LogP contribution in [0.2, 0.25) is 0 Å². The zero-order valence-corrected chi connectivity index (χ0v) is 16.6. The summed E-state index contributed by atoms with van der Waals surface area (Å²) in [5.41, 5.74) is 1.27. The van der Waals surface area contributed by atoms with Crippen LogP contribution in [0, 0.1) is 5.92 Å². The molecular formula is C19H29N5O3. The van der Waals surface area contributed by atoms with Gasteiger partial charge in [0.25, 0.3) is 5.91 Å². The zero-order valence-electron chi connectivity index (χ0n) is 16.6. The number of ether oxygens (including phenoxy) is 1. The van der Waals surface area contributed by atoms with Crippen molar-refractivity contribution in [2.75, 3.05) is 59.4 Å². The average Bonchev–Trinajstić information content (AvgIpc) is 3.17. The van der Waals surface area contributed by atoms with Gasteiger partial charge in [0.2, 0.25) is 11.9 Å². The molecule has 8 nitrogen and oxygen atoms in total. The Labute approximate surface area is 160 Å². The summed E-state index contributed by atoms with van der Waals surface area (Å²) < 4.78 is 5.37. The monoisotopic (exact) mass is 375 g/mol. The number of anilines is 1. The van der Waals surface area contributed by atoms with E-state index in [4.69, 9.17) is 4.74 Å². The minimum Gasteiger partial charge on any atom is -0.381 e. The maximum Gasteiger partial charge on any atom is 0.256 e. The molecule has 1 aromatic rings. The maximum atomic E-state index is 12.8. The lowest BCUT2D eigenvalue weighted by molar-refractivity contribution is -0.137. The van der Waals surface area contributed by atoms with Crippen molar-refractivity contribution in [1.82, 2.24) is 19.8 Å². The second-order valence-electron chi connectivity index (χ2n) is 7.72. The van der Waals surface area contributed by atoms with Gasteiger partial charge in [-0.1, -0.05) is 0 Å². The molecular weight excluding hydrogens is 346 g/mol. The Kier molecular flexibility index (Phi) is 5.94. The fourth-order valence-corrected chi connectivity index (χ4v) is 3.70. The van der Waals surface area contributed by atoms with Crippen LogP contribution in [0.4, 0.5) is 5.95 Å². The number of hydrogen-bond donors (Lipinski definition) is 0. The normalized spacial score (nSPS) is 20.6. The largest absolute Gasteiger partial charge is 0.381 e. The predicted octanol–water partition coefficient (Wildman–Crippen LogP) is 0.987. The molecule has 3 heterocycles. The van der Waals surface area contributed by atoms with E-state index in [0.717, 1.165) is 25.0 Å². The third-order valence-corrected chi connectivity index (χ3v) is 5.30. The number of aromatic nitrogens is 2. The highest BCUT2D eigenvalue weighted by Crippen LogP contribution is 2.31. The minimum atomic E-state index is -0.107. The van der Waals surface area contributed by atoms with Crippen LogP contribution >= 0.6 is 0 Å². The van der Waals surface area contributed by atoms with Crippen molar-refractivity contribution < 1.29 is 14.3 Å². The molecule has 2 amide bonds. The first-order valence-corrected chi connectivity index (χ1v) is 9.51. The maximum absolute atomic E-state index is 12.8. The molecule has 27 heavy (non-hydrogen) atoms. The van der Waals surface area contributed by atoms with E-state index < -0.39 is 0 Å². The van der Waals surface area contributed by atoms with E-state index in [0.29, 0.717) is 37.8 Å². The van der Waals surface area contributed by atoms with Gasteiger partial charge in [-0.15, -0.1) is 0 Å². The topological polar surface area (TPSA) is 78.9 Å². The van der Waals surface area contributed by atoms with E-state index in [-0.39, 0.29) is 23.7 Å². The quantitative estimate of drug-likeness (QED) is 0.781. The average molecular weight is 375 g/mol. The molecule has 0 saturated carbocycles. The molecule has 2 aliphatic rings. The Hall–Kier alpha value is -2.22. The van der Waals surface area contributed by atoms with Gasteiger partial charge in [0.1, 0.15) is 0 Å². The van der Waals surface area contributed by atoms with Gasteiger partial charge in [-0.2, -0.15) is 0 Å². The van der Waals surface area contributed by atoms with E-state index in [1.54, 1.807) is 20.3 Å². The summed E-state index contributed by atoms with van der Waals surface area (Å²) in [5.74, 6) is 0.791. The molecule has 0 spiro atoms. The molecule has 0 aromatic carbocycles. The summed E-state index contributed by atoms with van der Waals surface area (Å²) in [6.45, 7) is 2.63. The van der Waals surface area contributed by atoms with Gasteiger partial charge in [-0.25, -0.2) is 9.97 Å². The van der Waals surface area contributed by atoms with Crippen LogP contribution in [0.15, 0.2) is 6.20 Å². The molecule has 2 saturated heterocycles. The molecule has 3 rings (SSSR count). The van der Waals surface area contributed by atoms with Gasteiger partial charge in [0.15, 0.2) is 0 Å². The van der Waals surface area contributed by atoms with Crippen LogP contribution in [0.3, 0.4) is 0 Å². The molecule has 0 N–H and O–H groups in total. The molecule has 148 valence electrons. The van der Waals surface area contributed by atoms with Crippen molar-refractivity contribution in [2.45, 2.75) is 25.2 Å². The van der Waals surface area contributed by atoms with Crippen molar-refractivity contribution in [3.63, 3.8) is 0 Å². The van der Waals surface area contributed by atoms with Crippen molar-refractivity contribution in [1.29, 1.82) is 0 Å². The van der Waals surface area contributed by atoms with Crippen LogP contribution < -0.4 is 4.90 Å². The summed E-state index contributed by atoms with van der Waals surface area (Å²) in [5, 5.41) is 0. The molecule has 0 bridgehead atoms. The first kappa shape index (κ1) is 19.5. The number of rotatable bonds is 4. The van der Waals surface area contributed by atoms with Gasteiger partial charge in [0.05, 0.1) is 11.3 Å². The van der Waals surface area contributed by atoms with E-state index in [1.807, 2.05) is 23.9 Å². The lowest BCUT2D eigenvalue weighted by atomic mass is 9.98. The van der Waals surface area contributed by atoms with Gasteiger partial charge in [-0.3, -0.25) is 9.59 Å². The second kappa shape index (κ2) is 8.21. The Bertz CT molecular complexity index is 701. The van der Waals surface area contributed by atoms with Gasteiger partial charge < -0.3 is 19.4 Å². The van der Waals surface area contributed by atoms with Crippen molar-refractivity contribution in [3.05, 3.63) is 17.5 Å². The summed E-state index contributed by atoms with van der Waals surface area (Å²) in [7, 11) is 7.20. The summed E-state index contributed by atoms with van der Waals surface area (Å²) in [6.07, 6.45) is 4.01. The van der Waals surface area contributed by atoms with E-state index in [1.165, 1.54) is 4.90 Å². The Morgan fingerprint density at radius 1 is 1.15 bits per heavy atom. The third kappa shape index (κ3) is 4.21. The van der Waals surface area contributed by atoms with Gasteiger partial charge >= 0.3 is 0 Å². The van der Waals surface area contributed by atoms with Crippen LogP contribution in [0.1, 0.15) is 41.2 Å². The fourth-order valence-electron chi connectivity index (χ4n) is 3.70. The van der Waals surface area contributed by atoms with Gasteiger partial charge in [0, 0.05) is 72.5 Å². The van der Waals surface area contributed by atoms with Crippen LogP contribution in [0.25, 0.3) is 0 Å². The number of hydrogen-bond acceptors (Lipinski definition) is 6. The highest BCUT2D eigenvalue weighted by molar-refractivity contribution is 5.95. The van der Waals surface area contributed by atoms with E-state index in [2.05, 4.69) is 9.97 Å². The lowest BCUT2D eigenvalue weighted by Crippen LogP contribution is -2.37. The number of carbonyl (C=O) groups excluding carboxylic acids is 2. The molecule has 1 unspecified atom stereocenters. The first-order chi connectivity index (χ1) is 12.9. The first-order valence-electron chi connectivity index (χ1n) is 9.51. The standard InChI is InChI=1S/C19H29N5O3/c1-22(2)18(26)15-11-20-19(23(3)4)21-16(15)14-5-8-24(12-14)17(25)13-6-9-27-10-7-13/h11,13-14H,5-10,12H2,1-4H3. The Balaban J connectivity index is 1.81. The number of likely N-dealkylation sites (tertiary alicyclic amines) is 1. The van der Waals surface area contributed by atoms with Gasteiger partial charge in [-0.05, 0) is 19.3 Å².